The van der Waals surface area contributed by atoms with Crippen LogP contribution < -0.4 is 5.32 Å². The molecular weight excluding hydrogens is 883 g/mol. The van der Waals surface area contributed by atoms with Gasteiger partial charge in [-0.3, -0.25) is 4.79 Å². The van der Waals surface area contributed by atoms with Gasteiger partial charge in [0.1, 0.15) is 36.6 Å². The highest BCUT2D eigenvalue weighted by Crippen LogP contribution is 2.23. The molecule has 0 spiro atoms. The highest BCUT2D eigenvalue weighted by atomic mass is 16.7. The summed E-state index contributed by atoms with van der Waals surface area (Å²) in [6, 6.07) is -1.20. The molecule has 0 saturated carbocycles. The van der Waals surface area contributed by atoms with Gasteiger partial charge in [-0.1, -0.05) is 210 Å². The van der Waals surface area contributed by atoms with Gasteiger partial charge >= 0.3 is 0 Å². The lowest BCUT2D eigenvalue weighted by Crippen LogP contribution is -2.60. The maximum atomic E-state index is 13.1. The molecule has 1 amide bonds. The minimum Gasteiger partial charge on any atom is -0.394 e. The average molecular weight is 993 g/mol. The topological polar surface area (TPSA) is 189 Å². The molecule has 11 heteroatoms. The van der Waals surface area contributed by atoms with E-state index in [1.54, 1.807) is 0 Å². The van der Waals surface area contributed by atoms with Crippen molar-refractivity contribution in [3.8, 4) is 0 Å². The number of amides is 1. The Hall–Kier alpha value is -1.93. The zero-order chi connectivity index (χ0) is 51.1. The van der Waals surface area contributed by atoms with Crippen molar-refractivity contribution in [1.29, 1.82) is 0 Å². The maximum absolute atomic E-state index is 13.1. The molecule has 410 valence electrons. The van der Waals surface area contributed by atoms with Crippen LogP contribution in [-0.4, -0.2) is 110 Å². The second-order valence-corrected chi connectivity index (χ2v) is 20.3. The third kappa shape index (κ3) is 36.1. The fraction of sp³-hybridized carbons (Fsp3) is 0.847. The van der Waals surface area contributed by atoms with Crippen molar-refractivity contribution < 1.29 is 50.0 Å². The van der Waals surface area contributed by atoms with Crippen LogP contribution in [-0.2, 0) is 14.3 Å². The van der Waals surface area contributed by atoms with Crippen molar-refractivity contribution in [2.75, 3.05) is 13.2 Å². The molecule has 1 aliphatic heterocycles. The molecule has 11 nitrogen and oxygen atoms in total. The minimum absolute atomic E-state index is 0.233. The number of rotatable bonds is 49. The number of carbonyl (C=O) groups excluding carboxylic acids is 1. The lowest BCUT2D eigenvalue weighted by Gasteiger charge is -2.40. The van der Waals surface area contributed by atoms with Crippen LogP contribution in [0.15, 0.2) is 48.6 Å². The Kier molecular flexibility index (Phi) is 45.3. The monoisotopic (exact) mass is 992 g/mol. The summed E-state index contributed by atoms with van der Waals surface area (Å²) in [5, 5.41) is 75.8. The lowest BCUT2D eigenvalue weighted by atomic mass is 9.98. The van der Waals surface area contributed by atoms with Crippen LogP contribution in [0.5, 0.6) is 0 Å². The number of ether oxygens (including phenoxy) is 2. The number of carbonyl (C=O) groups is 1. The predicted molar refractivity (Wildman–Crippen MR) is 288 cm³/mol. The van der Waals surface area contributed by atoms with Crippen molar-refractivity contribution in [2.45, 2.75) is 306 Å². The van der Waals surface area contributed by atoms with Gasteiger partial charge in [0.2, 0.25) is 5.91 Å². The molecule has 0 aromatic heterocycles. The SMILES string of the molecule is CCCCC/C=C\CCCCCCC(O)C(=O)NC(COC1OC(CO)C(O)C(O)C1O)C(O)C(O)CCC/C=C/CC/C=C/CC/C=C/CCCCCCCCCCCCCCCCCCCCC. The zero-order valence-corrected chi connectivity index (χ0v) is 44.7. The molecule has 1 rings (SSSR count). The highest BCUT2D eigenvalue weighted by molar-refractivity contribution is 5.80. The Balaban J connectivity index is 2.26. The van der Waals surface area contributed by atoms with E-state index in [0.29, 0.717) is 19.3 Å². The third-order valence-electron chi connectivity index (χ3n) is 13.8. The Morgan fingerprint density at radius 2 is 0.857 bits per heavy atom. The molecule has 1 fully saturated rings. The van der Waals surface area contributed by atoms with Gasteiger partial charge in [-0.2, -0.15) is 0 Å². The second kappa shape index (κ2) is 48.0. The van der Waals surface area contributed by atoms with Crippen LogP contribution in [0.4, 0.5) is 0 Å². The van der Waals surface area contributed by atoms with Crippen LogP contribution in [0.2, 0.25) is 0 Å². The molecular formula is C59H109NO10. The molecule has 70 heavy (non-hydrogen) atoms. The average Bonchev–Trinajstić information content (AvgIpc) is 3.36. The highest BCUT2D eigenvalue weighted by Gasteiger charge is 2.44. The second-order valence-electron chi connectivity index (χ2n) is 20.3. The lowest BCUT2D eigenvalue weighted by molar-refractivity contribution is -0.303. The molecule has 1 saturated heterocycles. The first-order valence-electron chi connectivity index (χ1n) is 29.0. The van der Waals surface area contributed by atoms with Gasteiger partial charge < -0.3 is 50.5 Å². The number of allylic oxidation sites excluding steroid dienone is 8. The van der Waals surface area contributed by atoms with Crippen LogP contribution in [0.25, 0.3) is 0 Å². The van der Waals surface area contributed by atoms with Gasteiger partial charge in [0, 0.05) is 0 Å². The normalized spacial score (nSPS) is 20.6. The van der Waals surface area contributed by atoms with E-state index in [2.05, 4.69) is 67.8 Å². The van der Waals surface area contributed by atoms with E-state index in [4.69, 9.17) is 9.47 Å². The molecule has 1 aliphatic rings. The Morgan fingerprint density at radius 3 is 1.30 bits per heavy atom. The molecule has 0 bridgehead atoms. The van der Waals surface area contributed by atoms with Crippen LogP contribution in [0, 0.1) is 0 Å². The Morgan fingerprint density at radius 1 is 0.486 bits per heavy atom. The third-order valence-corrected chi connectivity index (χ3v) is 13.8. The van der Waals surface area contributed by atoms with Crippen molar-refractivity contribution >= 4 is 5.91 Å². The summed E-state index contributed by atoms with van der Waals surface area (Å²) in [7, 11) is 0. The van der Waals surface area contributed by atoms with Crippen LogP contribution in [0.3, 0.4) is 0 Å². The van der Waals surface area contributed by atoms with Gasteiger partial charge in [-0.25, -0.2) is 0 Å². The standard InChI is InChI=1S/C59H109NO10/c1-3-5-7-9-11-13-15-16-17-18-19-20-21-22-23-24-25-26-27-28-29-30-31-32-33-34-35-37-38-40-42-44-46-51(62)54(64)50(49-69-59-57(67)56(66)55(65)53(48-61)70-59)60-58(68)52(63)47-45-43-41-39-36-14-12-10-8-6-4-2/h12,14,29-30,33-34,38,40,50-57,59,61-67H,3-11,13,15-28,31-32,35-37,39,41-49H2,1-2H3,(H,60,68)/b14-12-,30-29+,34-33+,40-38+. The molecule has 0 radical (unpaired) electrons. The minimum atomic E-state index is -1.68. The van der Waals surface area contributed by atoms with Gasteiger partial charge in [-0.15, -0.1) is 0 Å². The number of unbranched alkanes of at least 4 members (excludes halogenated alkanes) is 29. The summed E-state index contributed by atoms with van der Waals surface area (Å²) in [6.07, 6.45) is 49.2. The van der Waals surface area contributed by atoms with E-state index >= 15 is 0 Å². The van der Waals surface area contributed by atoms with Crippen molar-refractivity contribution in [1.82, 2.24) is 5.32 Å². The Labute approximate surface area is 428 Å². The van der Waals surface area contributed by atoms with E-state index in [1.165, 1.54) is 148 Å². The molecule has 1 heterocycles. The first kappa shape index (κ1) is 66.1. The number of hydrogen-bond acceptors (Lipinski definition) is 10. The summed E-state index contributed by atoms with van der Waals surface area (Å²) in [5.74, 6) is -0.724. The fourth-order valence-corrected chi connectivity index (χ4v) is 9.06. The van der Waals surface area contributed by atoms with E-state index in [9.17, 15) is 40.5 Å². The maximum Gasteiger partial charge on any atom is 0.249 e. The molecule has 8 N–H and O–H groups in total. The van der Waals surface area contributed by atoms with Crippen molar-refractivity contribution in [3.63, 3.8) is 0 Å². The zero-order valence-electron chi connectivity index (χ0n) is 44.7. The van der Waals surface area contributed by atoms with E-state index < -0.39 is 74.2 Å². The molecule has 0 aromatic rings. The van der Waals surface area contributed by atoms with E-state index in [1.807, 2.05) is 0 Å². The van der Waals surface area contributed by atoms with Crippen molar-refractivity contribution in [3.05, 3.63) is 48.6 Å². The van der Waals surface area contributed by atoms with Gasteiger partial charge in [-0.05, 0) is 89.9 Å². The smallest absolute Gasteiger partial charge is 0.249 e. The number of nitrogens with one attached hydrogen (secondary N) is 1. The van der Waals surface area contributed by atoms with E-state index in [-0.39, 0.29) is 12.8 Å². The molecule has 0 aromatic carbocycles. The van der Waals surface area contributed by atoms with E-state index in [0.717, 1.165) is 57.8 Å². The summed E-state index contributed by atoms with van der Waals surface area (Å²) in [6.45, 7) is 3.39. The van der Waals surface area contributed by atoms with Gasteiger partial charge in [0.15, 0.2) is 6.29 Å². The van der Waals surface area contributed by atoms with Gasteiger partial charge in [0.25, 0.3) is 0 Å². The fourth-order valence-electron chi connectivity index (χ4n) is 9.06. The van der Waals surface area contributed by atoms with Gasteiger partial charge in [0.05, 0.1) is 25.4 Å². The summed E-state index contributed by atoms with van der Waals surface area (Å²) < 4.78 is 11.1. The Bertz CT molecular complexity index is 1280. The van der Waals surface area contributed by atoms with Crippen molar-refractivity contribution in [2.24, 2.45) is 0 Å². The number of hydrogen-bond donors (Lipinski definition) is 8. The number of aliphatic hydroxyl groups excluding tert-OH is 7. The first-order chi connectivity index (χ1) is 34.2. The number of aliphatic hydroxyl groups is 7. The predicted octanol–water partition coefficient (Wildman–Crippen LogP) is 12.1. The van der Waals surface area contributed by atoms with Crippen LogP contribution in [0.1, 0.15) is 251 Å². The first-order valence-corrected chi connectivity index (χ1v) is 29.0. The molecule has 9 atom stereocenters. The summed E-state index contributed by atoms with van der Waals surface area (Å²) in [5.41, 5.74) is 0. The summed E-state index contributed by atoms with van der Waals surface area (Å²) in [4.78, 5) is 13.1. The quantitative estimate of drug-likeness (QED) is 0.0215. The largest absolute Gasteiger partial charge is 0.394 e. The molecule has 9 unspecified atom stereocenters. The molecule has 0 aliphatic carbocycles. The van der Waals surface area contributed by atoms with Crippen LogP contribution >= 0.6 is 0 Å². The summed E-state index contributed by atoms with van der Waals surface area (Å²) >= 11 is 0.